The lowest BCUT2D eigenvalue weighted by Gasteiger charge is -2.08. The molecule has 0 aliphatic heterocycles. The molecule has 0 saturated carbocycles. The van der Waals surface area contributed by atoms with Gasteiger partial charge in [-0.1, -0.05) is 36.4 Å². The molecule has 1 heterocycles. The number of hydrogen-bond donors (Lipinski definition) is 2. The van der Waals surface area contributed by atoms with Gasteiger partial charge in [0.05, 0.1) is 6.04 Å². The first-order valence-electron chi connectivity index (χ1n) is 8.00. The highest BCUT2D eigenvalue weighted by Gasteiger charge is 2.16. The first kappa shape index (κ1) is 18.2. The summed E-state index contributed by atoms with van der Waals surface area (Å²) in [6, 6.07) is 12.7. The Balaban J connectivity index is 1.60. The SMILES string of the molecule is NC(Cc1ccccc1)c1nc(C(=O)NCc2ccc(F)cc2F)cs1. The topological polar surface area (TPSA) is 68.0 Å². The molecule has 1 amide bonds. The fourth-order valence-electron chi connectivity index (χ4n) is 2.45. The quantitative estimate of drug-likeness (QED) is 0.694. The van der Waals surface area contributed by atoms with E-state index in [1.165, 1.54) is 17.4 Å². The number of amides is 1. The monoisotopic (exact) mass is 373 g/mol. The summed E-state index contributed by atoms with van der Waals surface area (Å²) in [6.45, 7) is -0.0477. The van der Waals surface area contributed by atoms with Gasteiger partial charge in [0.15, 0.2) is 0 Å². The van der Waals surface area contributed by atoms with Crippen LogP contribution in [0.25, 0.3) is 0 Å². The number of benzene rings is 2. The van der Waals surface area contributed by atoms with Crippen molar-refractivity contribution in [1.29, 1.82) is 0 Å². The van der Waals surface area contributed by atoms with E-state index in [4.69, 9.17) is 5.73 Å². The highest BCUT2D eigenvalue weighted by Crippen LogP contribution is 2.20. The van der Waals surface area contributed by atoms with E-state index >= 15 is 0 Å². The Bertz CT molecular complexity index is 899. The lowest BCUT2D eigenvalue weighted by atomic mass is 10.1. The van der Waals surface area contributed by atoms with Gasteiger partial charge in [0, 0.05) is 23.6 Å². The normalized spacial score (nSPS) is 12.0. The Morgan fingerprint density at radius 2 is 1.96 bits per heavy atom. The number of nitrogens with two attached hydrogens (primary N) is 1. The fourth-order valence-corrected chi connectivity index (χ4v) is 3.25. The lowest BCUT2D eigenvalue weighted by molar-refractivity contribution is 0.0946. The zero-order chi connectivity index (χ0) is 18.5. The highest BCUT2D eigenvalue weighted by molar-refractivity contribution is 7.09. The van der Waals surface area contributed by atoms with Gasteiger partial charge in [-0.05, 0) is 18.1 Å². The van der Waals surface area contributed by atoms with Crippen molar-refractivity contribution in [1.82, 2.24) is 10.3 Å². The molecule has 3 aromatic rings. The molecule has 1 atom stereocenters. The molecule has 3 N–H and O–H groups in total. The zero-order valence-corrected chi connectivity index (χ0v) is 14.6. The highest BCUT2D eigenvalue weighted by atomic mass is 32.1. The van der Waals surface area contributed by atoms with Crippen LogP contribution in [0.5, 0.6) is 0 Å². The Morgan fingerprint density at radius 3 is 2.69 bits per heavy atom. The average molecular weight is 373 g/mol. The third-order valence-corrected chi connectivity index (χ3v) is 4.80. The third kappa shape index (κ3) is 4.50. The molecule has 0 bridgehead atoms. The maximum Gasteiger partial charge on any atom is 0.271 e. The van der Waals surface area contributed by atoms with Gasteiger partial charge in [-0.3, -0.25) is 4.79 Å². The number of halogens is 2. The number of nitrogens with zero attached hydrogens (tertiary/aromatic N) is 1. The van der Waals surface area contributed by atoms with Gasteiger partial charge in [-0.25, -0.2) is 13.8 Å². The predicted octanol–water partition coefficient (Wildman–Crippen LogP) is 3.59. The number of thiazole rings is 1. The molecule has 0 fully saturated rings. The lowest BCUT2D eigenvalue weighted by Crippen LogP contribution is -2.24. The third-order valence-electron chi connectivity index (χ3n) is 3.82. The fraction of sp³-hybridized carbons (Fsp3) is 0.158. The van der Waals surface area contributed by atoms with Crippen LogP contribution in [-0.4, -0.2) is 10.9 Å². The number of rotatable bonds is 6. The summed E-state index contributed by atoms with van der Waals surface area (Å²) in [4.78, 5) is 16.5. The van der Waals surface area contributed by atoms with E-state index in [-0.39, 0.29) is 23.8 Å². The van der Waals surface area contributed by atoms with Crippen molar-refractivity contribution < 1.29 is 13.6 Å². The summed E-state index contributed by atoms with van der Waals surface area (Å²) in [5.74, 6) is -1.79. The van der Waals surface area contributed by atoms with Gasteiger partial charge in [-0.2, -0.15) is 0 Å². The predicted molar refractivity (Wildman–Crippen MR) is 96.7 cm³/mol. The minimum atomic E-state index is -0.700. The molecule has 3 rings (SSSR count). The summed E-state index contributed by atoms with van der Waals surface area (Å²) in [7, 11) is 0. The van der Waals surface area contributed by atoms with Crippen molar-refractivity contribution in [2.24, 2.45) is 5.73 Å². The van der Waals surface area contributed by atoms with Crippen LogP contribution in [0.2, 0.25) is 0 Å². The molecular weight excluding hydrogens is 356 g/mol. The second kappa shape index (κ2) is 8.16. The minimum Gasteiger partial charge on any atom is -0.346 e. The second-order valence-electron chi connectivity index (χ2n) is 5.79. The summed E-state index contributed by atoms with van der Waals surface area (Å²) in [5.41, 5.74) is 7.70. The molecule has 4 nitrogen and oxygen atoms in total. The Labute approximate surface area is 153 Å². The van der Waals surface area contributed by atoms with E-state index in [2.05, 4.69) is 10.3 Å². The molecular formula is C19H17F2N3OS. The van der Waals surface area contributed by atoms with Crippen molar-refractivity contribution in [3.63, 3.8) is 0 Å². The number of nitrogens with one attached hydrogen (secondary N) is 1. The van der Waals surface area contributed by atoms with E-state index in [1.54, 1.807) is 5.38 Å². The first-order chi connectivity index (χ1) is 12.5. The van der Waals surface area contributed by atoms with Crippen LogP contribution >= 0.6 is 11.3 Å². The zero-order valence-electron chi connectivity index (χ0n) is 13.8. The number of carbonyl (C=O) groups is 1. The Hall–Kier alpha value is -2.64. The van der Waals surface area contributed by atoms with E-state index < -0.39 is 17.5 Å². The molecule has 26 heavy (non-hydrogen) atoms. The molecule has 2 aromatic carbocycles. The van der Waals surface area contributed by atoms with Crippen molar-refractivity contribution in [3.8, 4) is 0 Å². The van der Waals surface area contributed by atoms with Crippen LogP contribution in [0.3, 0.4) is 0 Å². The molecule has 1 unspecified atom stereocenters. The average Bonchev–Trinajstić information content (AvgIpc) is 3.12. The van der Waals surface area contributed by atoms with E-state index in [1.807, 2.05) is 30.3 Å². The summed E-state index contributed by atoms with van der Waals surface area (Å²) >= 11 is 1.31. The Morgan fingerprint density at radius 1 is 1.19 bits per heavy atom. The van der Waals surface area contributed by atoms with Crippen molar-refractivity contribution in [2.45, 2.75) is 19.0 Å². The van der Waals surface area contributed by atoms with Crippen LogP contribution in [0.1, 0.15) is 32.7 Å². The van der Waals surface area contributed by atoms with E-state index in [0.717, 1.165) is 17.7 Å². The van der Waals surface area contributed by atoms with Crippen LogP contribution in [0.15, 0.2) is 53.9 Å². The van der Waals surface area contributed by atoms with E-state index in [0.29, 0.717) is 11.4 Å². The van der Waals surface area contributed by atoms with Gasteiger partial charge in [0.2, 0.25) is 0 Å². The Kier molecular flexibility index (Phi) is 5.70. The standard InChI is InChI=1S/C19H17F2N3OS/c20-14-7-6-13(15(21)9-14)10-23-18(25)17-11-26-19(24-17)16(22)8-12-4-2-1-3-5-12/h1-7,9,11,16H,8,10,22H2,(H,23,25). The van der Waals surface area contributed by atoms with Crippen molar-refractivity contribution >= 4 is 17.2 Å². The van der Waals surface area contributed by atoms with E-state index in [9.17, 15) is 13.6 Å². The molecule has 0 radical (unpaired) electrons. The van der Waals surface area contributed by atoms with Gasteiger partial charge in [-0.15, -0.1) is 11.3 Å². The second-order valence-corrected chi connectivity index (χ2v) is 6.68. The first-order valence-corrected chi connectivity index (χ1v) is 8.88. The summed E-state index contributed by atoms with van der Waals surface area (Å²) in [5, 5.41) is 4.86. The number of carbonyl (C=O) groups excluding carboxylic acids is 1. The minimum absolute atomic E-state index is 0.0477. The molecule has 0 aliphatic carbocycles. The summed E-state index contributed by atoms with van der Waals surface area (Å²) in [6.07, 6.45) is 0.621. The largest absolute Gasteiger partial charge is 0.346 e. The molecule has 7 heteroatoms. The van der Waals surface area contributed by atoms with Gasteiger partial charge < -0.3 is 11.1 Å². The maximum atomic E-state index is 13.6. The summed E-state index contributed by atoms with van der Waals surface area (Å²) < 4.78 is 26.5. The van der Waals surface area contributed by atoms with Crippen LogP contribution in [-0.2, 0) is 13.0 Å². The molecule has 1 aromatic heterocycles. The van der Waals surface area contributed by atoms with Crippen LogP contribution < -0.4 is 11.1 Å². The molecule has 0 spiro atoms. The van der Waals surface area contributed by atoms with Gasteiger partial charge >= 0.3 is 0 Å². The van der Waals surface area contributed by atoms with Crippen molar-refractivity contribution in [3.05, 3.63) is 87.4 Å². The van der Waals surface area contributed by atoms with Gasteiger partial charge in [0.25, 0.3) is 5.91 Å². The number of hydrogen-bond acceptors (Lipinski definition) is 4. The molecule has 0 aliphatic rings. The maximum absolute atomic E-state index is 13.6. The molecule has 0 saturated heterocycles. The van der Waals surface area contributed by atoms with Crippen LogP contribution in [0, 0.1) is 11.6 Å². The van der Waals surface area contributed by atoms with Crippen LogP contribution in [0.4, 0.5) is 8.78 Å². The molecule has 134 valence electrons. The van der Waals surface area contributed by atoms with Gasteiger partial charge in [0.1, 0.15) is 22.3 Å². The smallest absolute Gasteiger partial charge is 0.271 e. The van der Waals surface area contributed by atoms with Crippen molar-refractivity contribution in [2.75, 3.05) is 0 Å². The number of aromatic nitrogens is 1.